The summed E-state index contributed by atoms with van der Waals surface area (Å²) in [7, 11) is 0. The van der Waals surface area contributed by atoms with Crippen molar-refractivity contribution in [2.45, 2.75) is 70.5 Å². The van der Waals surface area contributed by atoms with Gasteiger partial charge in [0, 0.05) is 48.7 Å². The molecule has 2 aromatic rings. The van der Waals surface area contributed by atoms with Crippen LogP contribution in [-0.2, 0) is 9.59 Å². The number of nitrogens with zero attached hydrogens (tertiary/aromatic N) is 3. The molecular formula is C34H35ClN4O5. The van der Waals surface area contributed by atoms with Crippen molar-refractivity contribution in [2.24, 2.45) is 5.41 Å². The number of likely N-dealkylation sites (tertiary alicyclic amines) is 2. The minimum atomic E-state index is -1.04. The van der Waals surface area contributed by atoms with Crippen molar-refractivity contribution in [1.82, 2.24) is 20.0 Å². The Balaban J connectivity index is 1.05. The van der Waals surface area contributed by atoms with Crippen LogP contribution in [0.2, 0.25) is 5.02 Å². The number of rotatable bonds is 5. The van der Waals surface area contributed by atoms with Crippen LogP contribution in [0.1, 0.15) is 89.0 Å². The van der Waals surface area contributed by atoms with Crippen molar-refractivity contribution in [3.8, 4) is 0 Å². The third-order valence-corrected chi connectivity index (χ3v) is 10.3. The van der Waals surface area contributed by atoms with Crippen molar-refractivity contribution >= 4 is 46.7 Å². The van der Waals surface area contributed by atoms with Crippen LogP contribution < -0.4 is 5.32 Å². The molecule has 7 rings (SSSR count). The van der Waals surface area contributed by atoms with Crippen LogP contribution in [0.15, 0.2) is 48.0 Å². The van der Waals surface area contributed by atoms with Crippen molar-refractivity contribution < 1.29 is 24.0 Å². The number of halogens is 1. The van der Waals surface area contributed by atoms with E-state index in [1.54, 1.807) is 6.07 Å². The molecule has 3 fully saturated rings. The van der Waals surface area contributed by atoms with Crippen molar-refractivity contribution in [3.05, 3.63) is 75.3 Å². The molecule has 0 spiro atoms. The van der Waals surface area contributed by atoms with Crippen LogP contribution in [0.4, 0.5) is 0 Å². The van der Waals surface area contributed by atoms with Gasteiger partial charge in [0.15, 0.2) is 0 Å². The molecule has 3 saturated heterocycles. The van der Waals surface area contributed by atoms with Crippen LogP contribution in [0.3, 0.4) is 0 Å². The number of nitrogens with one attached hydrogen (secondary N) is 1. The Morgan fingerprint density at radius 1 is 0.955 bits per heavy atom. The number of fused-ring (bicyclic) bond motifs is 3. The molecule has 0 radical (unpaired) electrons. The minimum Gasteiger partial charge on any atom is -0.333 e. The summed E-state index contributed by atoms with van der Waals surface area (Å²) in [4.78, 5) is 69.3. The van der Waals surface area contributed by atoms with Crippen molar-refractivity contribution in [1.29, 1.82) is 0 Å². The van der Waals surface area contributed by atoms with E-state index in [-0.39, 0.29) is 47.4 Å². The van der Waals surface area contributed by atoms with E-state index in [0.29, 0.717) is 12.1 Å². The molecule has 3 atom stereocenters. The summed E-state index contributed by atoms with van der Waals surface area (Å²) in [6, 6.07) is 12.0. The van der Waals surface area contributed by atoms with Gasteiger partial charge in [-0.15, -0.1) is 0 Å². The third kappa shape index (κ3) is 4.96. The van der Waals surface area contributed by atoms with Crippen molar-refractivity contribution in [3.63, 3.8) is 0 Å². The molecule has 2 bridgehead atoms. The Kier molecular flexibility index (Phi) is 7.01. The Morgan fingerprint density at radius 3 is 2.41 bits per heavy atom. The van der Waals surface area contributed by atoms with Gasteiger partial charge >= 0.3 is 0 Å². The normalized spacial score (nSPS) is 26.5. The Bertz CT molecular complexity index is 1650. The molecule has 2 aromatic carbocycles. The highest BCUT2D eigenvalue weighted by Gasteiger charge is 2.47. The second-order valence-electron chi connectivity index (χ2n) is 13.6. The summed E-state index contributed by atoms with van der Waals surface area (Å²) in [6.07, 6.45) is 4.28. The molecule has 9 nitrogen and oxygen atoms in total. The standard InChI is InChI=1S/C34H35ClN4O5/c1-34(2)12-11-21(27(15-34)19-3-6-22(35)7-4-19)16-37-17-24-14-23(37)18-38(24)31(42)20-5-8-25-26(13-20)33(44)39(32(25)43)28-9-10-29(40)36-30(28)41/h3-8,13,23-24,28H,9-12,14-18H2,1-2H3,(H,36,40,41)/t23-,24-,28?/m1/s1. The van der Waals surface area contributed by atoms with Crippen LogP contribution in [0.25, 0.3) is 5.57 Å². The van der Waals surface area contributed by atoms with Gasteiger partial charge in [0.1, 0.15) is 6.04 Å². The Morgan fingerprint density at radius 2 is 1.70 bits per heavy atom. The summed E-state index contributed by atoms with van der Waals surface area (Å²) in [5, 5.41) is 2.94. The molecule has 5 aliphatic rings. The molecule has 228 valence electrons. The predicted octanol–water partition coefficient (Wildman–Crippen LogP) is 4.30. The molecule has 4 aliphatic heterocycles. The SMILES string of the molecule is CC1(C)CCC(CN2C[C@H]3C[C@@H]2CN3C(=O)c2ccc3c(c2)C(=O)N(C2CCC(=O)NC2=O)C3=O)=C(c2ccc(Cl)cc2)C1. The van der Waals surface area contributed by atoms with Gasteiger partial charge in [0.05, 0.1) is 11.1 Å². The van der Waals surface area contributed by atoms with Gasteiger partial charge in [-0.3, -0.25) is 39.1 Å². The minimum absolute atomic E-state index is 0.0553. The molecule has 1 aliphatic carbocycles. The smallest absolute Gasteiger partial charge is 0.262 e. The van der Waals surface area contributed by atoms with Crippen LogP contribution in [0, 0.1) is 5.41 Å². The molecule has 5 amide bonds. The third-order valence-electron chi connectivity index (χ3n) is 10.1. The zero-order chi connectivity index (χ0) is 30.9. The summed E-state index contributed by atoms with van der Waals surface area (Å²) >= 11 is 6.18. The van der Waals surface area contributed by atoms with Gasteiger partial charge in [0.25, 0.3) is 17.7 Å². The molecule has 4 heterocycles. The first-order valence-electron chi connectivity index (χ1n) is 15.4. The van der Waals surface area contributed by atoms with Gasteiger partial charge in [-0.25, -0.2) is 0 Å². The van der Waals surface area contributed by atoms with E-state index in [0.717, 1.165) is 48.7 Å². The van der Waals surface area contributed by atoms with Gasteiger partial charge < -0.3 is 4.90 Å². The van der Waals surface area contributed by atoms with Crippen LogP contribution in [-0.4, -0.2) is 82.0 Å². The zero-order valence-corrected chi connectivity index (χ0v) is 25.7. The molecule has 0 saturated carbocycles. The lowest BCUT2D eigenvalue weighted by molar-refractivity contribution is -0.136. The van der Waals surface area contributed by atoms with E-state index in [9.17, 15) is 24.0 Å². The molecular weight excluding hydrogens is 580 g/mol. The second-order valence-corrected chi connectivity index (χ2v) is 14.0. The van der Waals surface area contributed by atoms with E-state index in [2.05, 4.69) is 36.2 Å². The fraction of sp³-hybridized carbons (Fsp3) is 0.441. The zero-order valence-electron chi connectivity index (χ0n) is 24.9. The number of allylic oxidation sites excluding steroid dienone is 1. The van der Waals surface area contributed by atoms with Gasteiger partial charge in [0.2, 0.25) is 11.8 Å². The van der Waals surface area contributed by atoms with Crippen molar-refractivity contribution in [2.75, 3.05) is 19.6 Å². The number of amides is 5. The van der Waals surface area contributed by atoms with E-state index < -0.39 is 29.7 Å². The highest BCUT2D eigenvalue weighted by atomic mass is 35.5. The first-order chi connectivity index (χ1) is 21.0. The fourth-order valence-electron chi connectivity index (χ4n) is 7.67. The maximum absolute atomic E-state index is 13.7. The average Bonchev–Trinajstić information content (AvgIpc) is 3.66. The summed E-state index contributed by atoms with van der Waals surface area (Å²) in [5.41, 5.74) is 5.02. The maximum atomic E-state index is 13.7. The number of piperazine rings is 1. The van der Waals surface area contributed by atoms with Gasteiger partial charge in [-0.1, -0.05) is 43.2 Å². The largest absolute Gasteiger partial charge is 0.333 e. The molecule has 1 unspecified atom stereocenters. The summed E-state index contributed by atoms with van der Waals surface area (Å²) in [6.45, 7) is 6.96. The van der Waals surface area contributed by atoms with E-state index >= 15 is 0 Å². The number of hydrogen-bond acceptors (Lipinski definition) is 6. The average molecular weight is 615 g/mol. The first-order valence-corrected chi connectivity index (χ1v) is 15.7. The van der Waals surface area contributed by atoms with E-state index in [1.165, 1.54) is 28.8 Å². The first kappa shape index (κ1) is 28.9. The molecule has 10 heteroatoms. The quantitative estimate of drug-likeness (QED) is 0.503. The Labute approximate surface area is 261 Å². The highest BCUT2D eigenvalue weighted by Crippen LogP contribution is 2.44. The lowest BCUT2D eigenvalue weighted by Crippen LogP contribution is -2.54. The number of benzene rings is 2. The van der Waals surface area contributed by atoms with Gasteiger partial charge in [-0.2, -0.15) is 0 Å². The maximum Gasteiger partial charge on any atom is 0.262 e. The topological polar surface area (TPSA) is 107 Å². The van der Waals surface area contributed by atoms with E-state index in [4.69, 9.17) is 11.6 Å². The Hall–Kier alpha value is -3.82. The van der Waals surface area contributed by atoms with Crippen LogP contribution in [0.5, 0.6) is 0 Å². The van der Waals surface area contributed by atoms with E-state index in [1.807, 2.05) is 17.0 Å². The van der Waals surface area contributed by atoms with Gasteiger partial charge in [-0.05, 0) is 79.0 Å². The molecule has 0 aromatic heterocycles. The number of carbonyl (C=O) groups is 5. The predicted molar refractivity (Wildman–Crippen MR) is 164 cm³/mol. The fourth-order valence-corrected chi connectivity index (χ4v) is 7.80. The lowest BCUT2D eigenvalue weighted by Gasteiger charge is -2.38. The molecule has 1 N–H and O–H groups in total. The number of carbonyl (C=O) groups excluding carboxylic acids is 5. The number of imide groups is 2. The summed E-state index contributed by atoms with van der Waals surface area (Å²) in [5.74, 6) is -2.41. The number of hydrogen-bond donors (Lipinski definition) is 1. The summed E-state index contributed by atoms with van der Waals surface area (Å²) < 4.78 is 0. The second kappa shape index (κ2) is 10.7. The van der Waals surface area contributed by atoms with Crippen LogP contribution >= 0.6 is 11.6 Å². The highest BCUT2D eigenvalue weighted by molar-refractivity contribution is 6.30. The monoisotopic (exact) mass is 614 g/mol. The molecule has 44 heavy (non-hydrogen) atoms. The lowest BCUT2D eigenvalue weighted by atomic mass is 9.72. The number of piperidine rings is 1.